The number of ether oxygens (including phenoxy) is 1. The summed E-state index contributed by atoms with van der Waals surface area (Å²) in [6.07, 6.45) is 0.0900. The van der Waals surface area contributed by atoms with Gasteiger partial charge in [0, 0.05) is 12.1 Å². The molecule has 0 saturated carbocycles. The molecule has 1 saturated heterocycles. The molecule has 27 heavy (non-hydrogen) atoms. The van der Waals surface area contributed by atoms with Crippen LogP contribution in [0.3, 0.4) is 0 Å². The summed E-state index contributed by atoms with van der Waals surface area (Å²) in [5.41, 5.74) is 2.50. The lowest BCUT2D eigenvalue weighted by Gasteiger charge is -2.08. The predicted octanol–water partition coefficient (Wildman–Crippen LogP) is 3.64. The van der Waals surface area contributed by atoms with Gasteiger partial charge in [-0.2, -0.15) is 0 Å². The van der Waals surface area contributed by atoms with Gasteiger partial charge in [0.15, 0.2) is 5.17 Å². The Kier molecular flexibility index (Phi) is 6.13. The van der Waals surface area contributed by atoms with Crippen molar-refractivity contribution in [2.75, 3.05) is 11.9 Å². The van der Waals surface area contributed by atoms with Gasteiger partial charge in [0.2, 0.25) is 11.8 Å². The zero-order chi connectivity index (χ0) is 19.2. The number of anilines is 1. The number of nitrogens with one attached hydrogen (secondary N) is 2. The second-order valence-corrected chi connectivity index (χ2v) is 7.25. The smallest absolute Gasteiger partial charge is 0.240 e. The van der Waals surface area contributed by atoms with Crippen LogP contribution in [0, 0.1) is 6.92 Å². The molecule has 0 aliphatic carbocycles. The summed E-state index contributed by atoms with van der Waals surface area (Å²) < 4.78 is 5.40. The molecule has 0 radical (unpaired) electrons. The normalized spacial score (nSPS) is 17.6. The van der Waals surface area contributed by atoms with Gasteiger partial charge < -0.3 is 15.4 Å². The highest BCUT2D eigenvalue weighted by Crippen LogP contribution is 2.26. The van der Waals surface area contributed by atoms with Crippen LogP contribution in [-0.2, 0) is 9.59 Å². The van der Waals surface area contributed by atoms with E-state index in [4.69, 9.17) is 4.74 Å². The van der Waals surface area contributed by atoms with Crippen LogP contribution in [0.1, 0.15) is 18.9 Å². The van der Waals surface area contributed by atoms with Crippen LogP contribution in [0.4, 0.5) is 11.4 Å². The third-order valence-electron chi connectivity index (χ3n) is 3.83. The van der Waals surface area contributed by atoms with Gasteiger partial charge in [-0.15, -0.1) is 0 Å². The second kappa shape index (κ2) is 8.73. The van der Waals surface area contributed by atoms with Crippen LogP contribution in [0.5, 0.6) is 5.75 Å². The van der Waals surface area contributed by atoms with Gasteiger partial charge in [0.05, 0.1) is 12.3 Å². The van der Waals surface area contributed by atoms with Crippen molar-refractivity contribution in [1.29, 1.82) is 0 Å². The summed E-state index contributed by atoms with van der Waals surface area (Å²) in [5.74, 6) is 0.370. The van der Waals surface area contributed by atoms with E-state index >= 15 is 0 Å². The van der Waals surface area contributed by atoms with Crippen LogP contribution in [0.25, 0.3) is 0 Å². The van der Waals surface area contributed by atoms with Crippen molar-refractivity contribution in [1.82, 2.24) is 5.32 Å². The number of nitrogens with zero attached hydrogens (tertiary/aromatic N) is 1. The number of carbonyl (C=O) groups excluding carboxylic acids is 2. The quantitative estimate of drug-likeness (QED) is 0.798. The molecular weight excluding hydrogens is 362 g/mol. The number of amides is 2. The molecule has 1 unspecified atom stereocenters. The molecule has 1 atom stereocenters. The van der Waals surface area contributed by atoms with Gasteiger partial charge in [-0.3, -0.25) is 9.59 Å². The van der Waals surface area contributed by atoms with Crippen molar-refractivity contribution in [3.63, 3.8) is 0 Å². The number of aryl methyl sites for hydroxylation is 1. The molecule has 1 aliphatic heterocycles. The van der Waals surface area contributed by atoms with Crippen molar-refractivity contribution < 1.29 is 14.3 Å². The Labute approximate surface area is 162 Å². The molecule has 2 aromatic rings. The van der Waals surface area contributed by atoms with Crippen molar-refractivity contribution >= 4 is 40.1 Å². The molecule has 7 heteroatoms. The van der Waals surface area contributed by atoms with Gasteiger partial charge in [0.25, 0.3) is 0 Å². The summed E-state index contributed by atoms with van der Waals surface area (Å²) in [7, 11) is 0. The maximum absolute atomic E-state index is 12.2. The van der Waals surface area contributed by atoms with E-state index in [0.717, 1.165) is 17.0 Å². The fraction of sp³-hybridized carbons (Fsp3) is 0.250. The molecular formula is C20H21N3O3S. The largest absolute Gasteiger partial charge is 0.494 e. The minimum atomic E-state index is -0.490. The number of benzene rings is 2. The summed E-state index contributed by atoms with van der Waals surface area (Å²) in [6, 6.07) is 14.9. The molecule has 1 fully saturated rings. The van der Waals surface area contributed by atoms with E-state index in [1.807, 2.05) is 62.4 Å². The standard InChI is InChI=1S/C20H21N3O3S/c1-3-26-16-9-7-14(8-10-16)22-20-23-19(25)17(27-20)12-18(24)21-15-6-4-5-13(2)11-15/h4-11,17H,3,12H2,1-2H3,(H,21,24)(H,22,23,25). The zero-order valence-corrected chi connectivity index (χ0v) is 16.0. The number of hydrogen-bond acceptors (Lipinski definition) is 5. The summed E-state index contributed by atoms with van der Waals surface area (Å²) >= 11 is 1.27. The second-order valence-electron chi connectivity index (χ2n) is 6.06. The van der Waals surface area contributed by atoms with Gasteiger partial charge in [0.1, 0.15) is 11.0 Å². The highest BCUT2D eigenvalue weighted by molar-refractivity contribution is 8.15. The van der Waals surface area contributed by atoms with E-state index in [1.54, 1.807) is 0 Å². The molecule has 2 aromatic carbocycles. The molecule has 140 valence electrons. The Morgan fingerprint density at radius 2 is 2.04 bits per heavy atom. The maximum atomic E-state index is 12.2. The van der Waals surface area contributed by atoms with Crippen molar-refractivity contribution in [2.45, 2.75) is 25.5 Å². The predicted molar refractivity (Wildman–Crippen MR) is 109 cm³/mol. The molecule has 1 aliphatic rings. The lowest BCUT2D eigenvalue weighted by Crippen LogP contribution is -2.28. The van der Waals surface area contributed by atoms with Crippen LogP contribution in [0.15, 0.2) is 53.5 Å². The molecule has 0 bridgehead atoms. The molecule has 6 nitrogen and oxygen atoms in total. The van der Waals surface area contributed by atoms with E-state index in [-0.39, 0.29) is 18.2 Å². The number of aliphatic imine (C=N–C) groups is 1. The Bertz CT molecular complexity index is 865. The monoisotopic (exact) mass is 383 g/mol. The van der Waals surface area contributed by atoms with Gasteiger partial charge in [-0.1, -0.05) is 23.9 Å². The third-order valence-corrected chi connectivity index (χ3v) is 4.91. The number of carbonyl (C=O) groups is 2. The van der Waals surface area contributed by atoms with Crippen LogP contribution < -0.4 is 15.4 Å². The summed E-state index contributed by atoms with van der Waals surface area (Å²) in [5, 5.41) is 5.57. The molecule has 0 spiro atoms. The number of thioether (sulfide) groups is 1. The maximum Gasteiger partial charge on any atom is 0.240 e. The van der Waals surface area contributed by atoms with Crippen molar-refractivity contribution in [3.8, 4) is 5.75 Å². The Morgan fingerprint density at radius 3 is 2.74 bits per heavy atom. The van der Waals surface area contributed by atoms with Crippen molar-refractivity contribution in [2.24, 2.45) is 4.99 Å². The number of amidine groups is 1. The van der Waals surface area contributed by atoms with Gasteiger partial charge in [-0.05, 0) is 55.8 Å². The summed E-state index contributed by atoms with van der Waals surface area (Å²) in [6.45, 7) is 4.49. The fourth-order valence-corrected chi connectivity index (χ4v) is 3.58. The summed E-state index contributed by atoms with van der Waals surface area (Å²) in [4.78, 5) is 28.8. The Hall–Kier alpha value is -2.80. The van der Waals surface area contributed by atoms with Crippen LogP contribution in [-0.4, -0.2) is 28.8 Å². The first-order valence-corrected chi connectivity index (χ1v) is 9.57. The Morgan fingerprint density at radius 1 is 1.26 bits per heavy atom. The first-order valence-electron chi connectivity index (χ1n) is 8.69. The topological polar surface area (TPSA) is 79.8 Å². The lowest BCUT2D eigenvalue weighted by atomic mass is 10.2. The Balaban J connectivity index is 1.58. The average molecular weight is 383 g/mol. The number of hydrogen-bond donors (Lipinski definition) is 2. The molecule has 2 N–H and O–H groups in total. The van der Waals surface area contributed by atoms with Crippen molar-refractivity contribution in [3.05, 3.63) is 54.1 Å². The van der Waals surface area contributed by atoms with E-state index in [1.165, 1.54) is 11.8 Å². The highest BCUT2D eigenvalue weighted by atomic mass is 32.2. The van der Waals surface area contributed by atoms with Gasteiger partial charge >= 0.3 is 0 Å². The highest BCUT2D eigenvalue weighted by Gasteiger charge is 2.32. The number of rotatable bonds is 6. The first kappa shape index (κ1) is 19.0. The lowest BCUT2D eigenvalue weighted by molar-refractivity contribution is -0.122. The van der Waals surface area contributed by atoms with E-state index < -0.39 is 5.25 Å². The van der Waals surface area contributed by atoms with Gasteiger partial charge in [-0.25, -0.2) is 4.99 Å². The first-order chi connectivity index (χ1) is 13.0. The third kappa shape index (κ3) is 5.34. The SMILES string of the molecule is CCOc1ccc(N=C2NC(=O)C(CC(=O)Nc3cccc(C)c3)S2)cc1. The van der Waals surface area contributed by atoms with E-state index in [9.17, 15) is 9.59 Å². The minimum absolute atomic E-state index is 0.0900. The molecule has 1 heterocycles. The minimum Gasteiger partial charge on any atom is -0.494 e. The van der Waals surface area contributed by atoms with E-state index in [0.29, 0.717) is 17.5 Å². The zero-order valence-electron chi connectivity index (χ0n) is 15.2. The average Bonchev–Trinajstić information content (AvgIpc) is 2.96. The molecule has 0 aromatic heterocycles. The molecule has 2 amide bonds. The van der Waals surface area contributed by atoms with E-state index in [2.05, 4.69) is 15.6 Å². The molecule has 3 rings (SSSR count). The van der Waals surface area contributed by atoms with Crippen LogP contribution in [0.2, 0.25) is 0 Å². The fourth-order valence-electron chi connectivity index (χ4n) is 2.60. The van der Waals surface area contributed by atoms with Crippen LogP contribution >= 0.6 is 11.8 Å².